The van der Waals surface area contributed by atoms with Crippen molar-refractivity contribution in [3.05, 3.63) is 152 Å². The van der Waals surface area contributed by atoms with Gasteiger partial charge in [-0.05, 0) is 84.9 Å². The number of phosphoric acid groups is 1. The minimum atomic E-state index is -4.39. The van der Waals surface area contributed by atoms with Crippen LogP contribution in [0.1, 0.15) is 0 Å². The van der Waals surface area contributed by atoms with Crippen LogP contribution in [0.25, 0.3) is 21.8 Å². The van der Waals surface area contributed by atoms with Crippen LogP contribution in [0.15, 0.2) is 152 Å². The standard InChI is InChI=1S/2C14H12N2.C6H7O4P/c2*1-2-4-12(5-3-1)16-13-6-7-14-11(10-13)8-9-15-14;7-11(8,9)10-6-4-2-1-3-5-6/h2*1-10,15-16H;1-5H,(H2,7,8,9). The minimum Gasteiger partial charge on any atom is -0.404 e. The lowest BCUT2D eigenvalue weighted by atomic mass is 10.2. The summed E-state index contributed by atoms with van der Waals surface area (Å²) in [7, 11) is -4.39. The third-order valence-corrected chi connectivity index (χ3v) is 6.65. The molecule has 7 rings (SSSR count). The highest BCUT2D eigenvalue weighted by molar-refractivity contribution is 7.46. The van der Waals surface area contributed by atoms with Crippen molar-refractivity contribution in [3.8, 4) is 5.75 Å². The first-order valence-electron chi connectivity index (χ1n) is 13.5. The van der Waals surface area contributed by atoms with E-state index in [2.05, 4.69) is 97.9 Å². The maximum atomic E-state index is 10.3. The zero-order valence-electron chi connectivity index (χ0n) is 23.1. The van der Waals surface area contributed by atoms with Gasteiger partial charge < -0.3 is 25.1 Å². The second-order valence-corrected chi connectivity index (χ2v) is 10.6. The van der Waals surface area contributed by atoms with Crippen LogP contribution < -0.4 is 15.2 Å². The number of hydrogen-bond donors (Lipinski definition) is 6. The Kier molecular flexibility index (Phi) is 9.56. The molecule has 2 aromatic heterocycles. The maximum absolute atomic E-state index is 10.3. The van der Waals surface area contributed by atoms with Crippen molar-refractivity contribution in [1.29, 1.82) is 0 Å². The van der Waals surface area contributed by atoms with E-state index in [-0.39, 0.29) is 5.75 Å². The molecule has 0 saturated carbocycles. The Morgan fingerprint density at radius 3 is 1.35 bits per heavy atom. The SMILES string of the molecule is O=P(O)(O)Oc1ccccc1.c1ccc(Nc2ccc3[nH]ccc3c2)cc1.c1ccc(Nc2ccc3[nH]ccc3c2)cc1. The van der Waals surface area contributed by atoms with Gasteiger partial charge in [-0.15, -0.1) is 0 Å². The van der Waals surface area contributed by atoms with Gasteiger partial charge in [0.25, 0.3) is 0 Å². The molecular weight excluding hydrogens is 559 g/mol. The lowest BCUT2D eigenvalue weighted by Crippen LogP contribution is -1.88. The molecule has 0 unspecified atom stereocenters. The summed E-state index contributed by atoms with van der Waals surface area (Å²) in [4.78, 5) is 23.1. The monoisotopic (exact) mass is 590 g/mol. The van der Waals surface area contributed by atoms with Crippen molar-refractivity contribution in [2.45, 2.75) is 0 Å². The van der Waals surface area contributed by atoms with Gasteiger partial charge in [-0.25, -0.2) is 4.57 Å². The maximum Gasteiger partial charge on any atom is 0.524 e. The average Bonchev–Trinajstić information content (AvgIpc) is 3.68. The van der Waals surface area contributed by atoms with Crippen molar-refractivity contribution in [2.24, 2.45) is 0 Å². The fourth-order valence-corrected chi connectivity index (χ4v) is 4.65. The molecule has 7 aromatic rings. The fraction of sp³-hybridized carbons (Fsp3) is 0. The van der Waals surface area contributed by atoms with Gasteiger partial charge in [-0.3, -0.25) is 9.79 Å². The van der Waals surface area contributed by atoms with Crippen LogP contribution in [-0.4, -0.2) is 19.8 Å². The van der Waals surface area contributed by atoms with Crippen LogP contribution in [-0.2, 0) is 4.57 Å². The average molecular weight is 591 g/mol. The molecule has 0 aliphatic heterocycles. The van der Waals surface area contributed by atoms with Crippen molar-refractivity contribution in [1.82, 2.24) is 9.97 Å². The second kappa shape index (κ2) is 14.1. The first kappa shape index (κ1) is 29.2. The Bertz CT molecular complexity index is 1790. The number of nitrogens with one attached hydrogen (secondary N) is 4. The smallest absolute Gasteiger partial charge is 0.404 e. The van der Waals surface area contributed by atoms with Crippen LogP contribution in [0.3, 0.4) is 0 Å². The van der Waals surface area contributed by atoms with E-state index in [1.807, 2.05) is 48.8 Å². The number of para-hydroxylation sites is 3. The van der Waals surface area contributed by atoms with Gasteiger partial charge in [-0.1, -0.05) is 54.6 Å². The number of fused-ring (bicyclic) bond motifs is 2. The predicted octanol–water partition coefficient (Wildman–Crippen LogP) is 8.98. The lowest BCUT2D eigenvalue weighted by Gasteiger charge is -2.05. The molecule has 0 atom stereocenters. The molecule has 0 bridgehead atoms. The Balaban J connectivity index is 0.000000131. The molecule has 5 aromatic carbocycles. The Hall–Kier alpha value is -5.27. The highest BCUT2D eigenvalue weighted by atomic mass is 31.2. The van der Waals surface area contributed by atoms with Crippen molar-refractivity contribution in [3.63, 3.8) is 0 Å². The number of benzene rings is 5. The molecule has 216 valence electrons. The summed E-state index contributed by atoms with van der Waals surface area (Å²) in [5.74, 6) is 0.167. The van der Waals surface area contributed by atoms with Crippen LogP contribution in [0.2, 0.25) is 0 Å². The van der Waals surface area contributed by atoms with Crippen LogP contribution in [0, 0.1) is 0 Å². The molecule has 0 aliphatic rings. The van der Waals surface area contributed by atoms with E-state index in [1.54, 1.807) is 18.2 Å². The number of H-pyrrole nitrogens is 2. The van der Waals surface area contributed by atoms with Crippen molar-refractivity contribution >= 4 is 52.4 Å². The molecule has 43 heavy (non-hydrogen) atoms. The quantitative estimate of drug-likeness (QED) is 0.108. The zero-order chi connectivity index (χ0) is 29.9. The van der Waals surface area contributed by atoms with Crippen molar-refractivity contribution in [2.75, 3.05) is 10.6 Å². The van der Waals surface area contributed by atoms with Gasteiger partial charge in [0.2, 0.25) is 0 Å². The van der Waals surface area contributed by atoms with Crippen LogP contribution in [0.4, 0.5) is 22.7 Å². The number of aromatic amines is 2. The number of phosphoric ester groups is 1. The molecule has 2 heterocycles. The Labute approximate surface area is 249 Å². The summed E-state index contributed by atoms with van der Waals surface area (Å²) in [6, 6.07) is 45.0. The van der Waals surface area contributed by atoms with E-state index in [0.717, 1.165) is 22.7 Å². The van der Waals surface area contributed by atoms with E-state index in [1.165, 1.54) is 33.9 Å². The van der Waals surface area contributed by atoms with Gasteiger partial charge >= 0.3 is 7.82 Å². The number of hydrogen-bond acceptors (Lipinski definition) is 4. The highest BCUT2D eigenvalue weighted by Crippen LogP contribution is 2.37. The summed E-state index contributed by atoms with van der Waals surface area (Å²) in [5, 5.41) is 9.19. The van der Waals surface area contributed by atoms with Gasteiger partial charge in [0.05, 0.1) is 0 Å². The van der Waals surface area contributed by atoms with Gasteiger partial charge in [0.15, 0.2) is 0 Å². The molecular formula is C34H31N4O4P. The Morgan fingerprint density at radius 1 is 0.512 bits per heavy atom. The number of aromatic nitrogens is 2. The third-order valence-electron chi connectivity index (χ3n) is 6.20. The molecule has 0 radical (unpaired) electrons. The molecule has 6 N–H and O–H groups in total. The zero-order valence-corrected chi connectivity index (χ0v) is 24.0. The second-order valence-electron chi connectivity index (χ2n) is 9.44. The predicted molar refractivity (Wildman–Crippen MR) is 175 cm³/mol. The highest BCUT2D eigenvalue weighted by Gasteiger charge is 2.14. The van der Waals surface area contributed by atoms with E-state index < -0.39 is 7.82 Å². The van der Waals surface area contributed by atoms with E-state index >= 15 is 0 Å². The first-order chi connectivity index (χ1) is 20.9. The molecule has 0 saturated heterocycles. The topological polar surface area (TPSA) is 122 Å². The number of rotatable bonds is 6. The molecule has 0 aliphatic carbocycles. The Morgan fingerprint density at radius 2 is 0.930 bits per heavy atom. The largest absolute Gasteiger partial charge is 0.524 e. The molecule has 0 fully saturated rings. The van der Waals surface area contributed by atoms with Crippen LogP contribution >= 0.6 is 7.82 Å². The first-order valence-corrected chi connectivity index (χ1v) is 15.0. The van der Waals surface area contributed by atoms with E-state index in [9.17, 15) is 4.57 Å². The number of anilines is 4. The normalized spacial score (nSPS) is 10.7. The molecule has 9 heteroatoms. The lowest BCUT2D eigenvalue weighted by molar-refractivity contribution is 0.283. The summed E-state index contributed by atoms with van der Waals surface area (Å²) in [6.45, 7) is 0. The van der Waals surface area contributed by atoms with Gasteiger partial charge in [0, 0.05) is 56.9 Å². The molecule has 8 nitrogen and oxygen atoms in total. The van der Waals surface area contributed by atoms with E-state index in [4.69, 9.17) is 9.79 Å². The van der Waals surface area contributed by atoms with Crippen LogP contribution in [0.5, 0.6) is 5.75 Å². The summed E-state index contributed by atoms with van der Waals surface area (Å²) < 4.78 is 14.5. The minimum absolute atomic E-state index is 0.167. The summed E-state index contributed by atoms with van der Waals surface area (Å²) >= 11 is 0. The van der Waals surface area contributed by atoms with Crippen molar-refractivity contribution < 1.29 is 18.9 Å². The summed E-state index contributed by atoms with van der Waals surface area (Å²) in [6.07, 6.45) is 3.91. The molecule has 0 spiro atoms. The molecule has 0 amide bonds. The van der Waals surface area contributed by atoms with Gasteiger partial charge in [0.1, 0.15) is 5.75 Å². The third kappa shape index (κ3) is 9.11. The van der Waals surface area contributed by atoms with E-state index in [0.29, 0.717) is 0 Å². The summed E-state index contributed by atoms with van der Waals surface area (Å²) in [5.41, 5.74) is 6.77. The fourth-order valence-electron chi connectivity index (χ4n) is 4.26. The van der Waals surface area contributed by atoms with Gasteiger partial charge in [-0.2, -0.15) is 0 Å².